The summed E-state index contributed by atoms with van der Waals surface area (Å²) < 4.78 is 5.14. The number of aliphatic imine (C=N–C) groups is 1. The minimum atomic E-state index is 0. The van der Waals surface area contributed by atoms with Crippen molar-refractivity contribution in [1.29, 1.82) is 0 Å². The number of nitrogens with one attached hydrogen (secondary N) is 2. The van der Waals surface area contributed by atoms with E-state index in [-0.39, 0.29) is 24.0 Å². The van der Waals surface area contributed by atoms with Crippen LogP contribution < -0.4 is 15.4 Å². The molecule has 0 radical (unpaired) electrons. The minimum absolute atomic E-state index is 0. The van der Waals surface area contributed by atoms with Crippen LogP contribution in [0.3, 0.4) is 0 Å². The molecule has 1 aromatic carbocycles. The Morgan fingerprint density at radius 2 is 1.95 bits per heavy atom. The maximum absolute atomic E-state index is 5.14. The molecule has 0 aliphatic carbocycles. The van der Waals surface area contributed by atoms with Crippen LogP contribution in [0.5, 0.6) is 5.75 Å². The minimum Gasteiger partial charge on any atom is -0.497 e. The van der Waals surface area contributed by atoms with Crippen molar-refractivity contribution in [1.82, 2.24) is 10.6 Å². The van der Waals surface area contributed by atoms with E-state index in [1.165, 1.54) is 0 Å². The van der Waals surface area contributed by atoms with Gasteiger partial charge in [-0.25, -0.2) is 4.99 Å². The second-order valence-corrected chi connectivity index (χ2v) is 4.33. The molecule has 0 saturated heterocycles. The largest absolute Gasteiger partial charge is 0.497 e. The summed E-state index contributed by atoms with van der Waals surface area (Å²) >= 11 is 0. The maximum atomic E-state index is 5.14. The zero-order chi connectivity index (χ0) is 14.6. The fraction of sp³-hybridized carbons (Fsp3) is 0.438. The maximum Gasteiger partial charge on any atom is 0.191 e. The first-order chi connectivity index (χ1) is 9.80. The van der Waals surface area contributed by atoms with Gasteiger partial charge in [0.1, 0.15) is 5.75 Å². The molecule has 1 aromatic rings. The van der Waals surface area contributed by atoms with Crippen LogP contribution in [0.4, 0.5) is 0 Å². The van der Waals surface area contributed by atoms with Gasteiger partial charge in [0, 0.05) is 13.1 Å². The van der Waals surface area contributed by atoms with Crippen molar-refractivity contribution in [3.63, 3.8) is 0 Å². The Morgan fingerprint density at radius 3 is 2.52 bits per heavy atom. The van der Waals surface area contributed by atoms with Gasteiger partial charge in [-0.2, -0.15) is 0 Å². The predicted molar refractivity (Wildman–Crippen MR) is 101 cm³/mol. The Kier molecular flexibility index (Phi) is 11.8. The summed E-state index contributed by atoms with van der Waals surface area (Å²) in [7, 11) is 1.67. The van der Waals surface area contributed by atoms with Crippen LogP contribution in [0.2, 0.25) is 0 Å². The Hall–Kier alpha value is -1.24. The lowest BCUT2D eigenvalue weighted by Gasteiger charge is -2.10. The molecule has 0 saturated carbocycles. The molecule has 118 valence electrons. The van der Waals surface area contributed by atoms with Gasteiger partial charge in [-0.15, -0.1) is 24.0 Å². The van der Waals surface area contributed by atoms with E-state index in [0.29, 0.717) is 6.54 Å². The van der Waals surface area contributed by atoms with Crippen molar-refractivity contribution in [3.8, 4) is 5.75 Å². The normalized spacial score (nSPS) is 11.1. The van der Waals surface area contributed by atoms with Crippen molar-refractivity contribution in [2.75, 3.05) is 20.2 Å². The SMILES string of the molecule is CC=CCCNC(=NCc1ccc(OC)cc1)NCC.I. The molecule has 0 aromatic heterocycles. The lowest BCUT2D eigenvalue weighted by atomic mass is 10.2. The highest BCUT2D eigenvalue weighted by atomic mass is 127. The van der Waals surface area contributed by atoms with Gasteiger partial charge in [0.15, 0.2) is 5.96 Å². The summed E-state index contributed by atoms with van der Waals surface area (Å²) in [5.41, 5.74) is 1.16. The Morgan fingerprint density at radius 1 is 1.24 bits per heavy atom. The standard InChI is InChI=1S/C16H25N3O.HI/c1-4-6-7-12-18-16(17-5-2)19-13-14-8-10-15(20-3)11-9-14;/h4,6,8-11H,5,7,12-13H2,1-3H3,(H2,17,18,19);1H. The van der Waals surface area contributed by atoms with E-state index >= 15 is 0 Å². The number of allylic oxidation sites excluding steroid dienone is 1. The zero-order valence-corrected chi connectivity index (χ0v) is 15.4. The van der Waals surface area contributed by atoms with Crippen LogP contribution in [0.15, 0.2) is 41.4 Å². The quantitative estimate of drug-likeness (QED) is 0.241. The number of methoxy groups -OCH3 is 1. The van der Waals surface area contributed by atoms with Crippen molar-refractivity contribution >= 4 is 29.9 Å². The molecular formula is C16H26IN3O. The molecule has 0 aliphatic rings. The van der Waals surface area contributed by atoms with Crippen molar-refractivity contribution < 1.29 is 4.74 Å². The van der Waals surface area contributed by atoms with E-state index in [1.54, 1.807) is 7.11 Å². The molecule has 0 bridgehead atoms. The molecule has 0 spiro atoms. The van der Waals surface area contributed by atoms with E-state index < -0.39 is 0 Å². The molecule has 21 heavy (non-hydrogen) atoms. The predicted octanol–water partition coefficient (Wildman–Crippen LogP) is 3.33. The summed E-state index contributed by atoms with van der Waals surface area (Å²) in [6.45, 7) is 6.50. The first-order valence-corrected chi connectivity index (χ1v) is 7.06. The molecular weight excluding hydrogens is 377 g/mol. The monoisotopic (exact) mass is 403 g/mol. The van der Waals surface area contributed by atoms with Gasteiger partial charge < -0.3 is 15.4 Å². The highest BCUT2D eigenvalue weighted by Crippen LogP contribution is 2.11. The number of guanidine groups is 1. The average Bonchev–Trinajstić information content (AvgIpc) is 2.49. The zero-order valence-electron chi connectivity index (χ0n) is 13.1. The highest BCUT2D eigenvalue weighted by molar-refractivity contribution is 14.0. The molecule has 0 fully saturated rings. The molecule has 0 heterocycles. The highest BCUT2D eigenvalue weighted by Gasteiger charge is 1.97. The molecule has 2 N–H and O–H groups in total. The number of hydrogen-bond donors (Lipinski definition) is 2. The first-order valence-electron chi connectivity index (χ1n) is 7.06. The van der Waals surface area contributed by atoms with Gasteiger partial charge in [0.05, 0.1) is 13.7 Å². The Bertz CT molecular complexity index is 430. The van der Waals surface area contributed by atoms with E-state index in [2.05, 4.69) is 34.7 Å². The van der Waals surface area contributed by atoms with Crippen molar-refractivity contribution in [3.05, 3.63) is 42.0 Å². The van der Waals surface area contributed by atoms with Crippen LogP contribution >= 0.6 is 24.0 Å². The number of nitrogens with zero attached hydrogens (tertiary/aromatic N) is 1. The van der Waals surface area contributed by atoms with Gasteiger partial charge in [0.2, 0.25) is 0 Å². The van der Waals surface area contributed by atoms with Crippen LogP contribution in [-0.4, -0.2) is 26.2 Å². The molecule has 0 amide bonds. The summed E-state index contributed by atoms with van der Waals surface area (Å²) in [4.78, 5) is 4.57. The second kappa shape index (κ2) is 12.5. The summed E-state index contributed by atoms with van der Waals surface area (Å²) in [5.74, 6) is 1.72. The van der Waals surface area contributed by atoms with Gasteiger partial charge in [-0.1, -0.05) is 24.3 Å². The van der Waals surface area contributed by atoms with E-state index in [9.17, 15) is 0 Å². The Labute approximate surface area is 145 Å². The van der Waals surface area contributed by atoms with Crippen molar-refractivity contribution in [2.45, 2.75) is 26.8 Å². The lowest BCUT2D eigenvalue weighted by Crippen LogP contribution is -2.37. The fourth-order valence-electron chi connectivity index (χ4n) is 1.68. The van der Waals surface area contributed by atoms with Crippen LogP contribution in [-0.2, 0) is 6.54 Å². The van der Waals surface area contributed by atoms with E-state index in [4.69, 9.17) is 4.74 Å². The summed E-state index contributed by atoms with van der Waals surface area (Å²) in [6, 6.07) is 7.98. The molecule has 0 unspecified atom stereocenters. The Balaban J connectivity index is 0.00000400. The molecule has 0 atom stereocenters. The van der Waals surface area contributed by atoms with Crippen LogP contribution in [0.25, 0.3) is 0 Å². The van der Waals surface area contributed by atoms with Crippen LogP contribution in [0.1, 0.15) is 25.8 Å². The third-order valence-corrected chi connectivity index (χ3v) is 2.76. The number of benzene rings is 1. The van der Waals surface area contributed by atoms with Gasteiger partial charge in [0.25, 0.3) is 0 Å². The third-order valence-electron chi connectivity index (χ3n) is 2.76. The van der Waals surface area contributed by atoms with Crippen molar-refractivity contribution in [2.24, 2.45) is 4.99 Å². The van der Waals surface area contributed by atoms with Crippen LogP contribution in [0, 0.1) is 0 Å². The number of hydrogen-bond acceptors (Lipinski definition) is 2. The molecule has 0 aliphatic heterocycles. The fourth-order valence-corrected chi connectivity index (χ4v) is 1.68. The van der Waals surface area contributed by atoms with Gasteiger partial charge in [-0.3, -0.25) is 0 Å². The second-order valence-electron chi connectivity index (χ2n) is 4.33. The molecule has 4 nitrogen and oxygen atoms in total. The summed E-state index contributed by atoms with van der Waals surface area (Å²) in [5, 5.41) is 6.55. The van der Waals surface area contributed by atoms with E-state index in [0.717, 1.165) is 36.8 Å². The third kappa shape index (κ3) is 8.60. The number of rotatable bonds is 7. The van der Waals surface area contributed by atoms with E-state index in [1.807, 2.05) is 31.2 Å². The smallest absolute Gasteiger partial charge is 0.191 e. The summed E-state index contributed by atoms with van der Waals surface area (Å²) in [6.07, 6.45) is 5.20. The molecule has 5 heteroatoms. The van der Waals surface area contributed by atoms with Gasteiger partial charge in [-0.05, 0) is 38.0 Å². The number of ether oxygens (including phenoxy) is 1. The first kappa shape index (κ1) is 19.8. The van der Waals surface area contributed by atoms with Gasteiger partial charge >= 0.3 is 0 Å². The topological polar surface area (TPSA) is 45.7 Å². The average molecular weight is 403 g/mol. The lowest BCUT2D eigenvalue weighted by molar-refractivity contribution is 0.414. The molecule has 1 rings (SSSR count). The number of halogens is 1.